The first-order valence-corrected chi connectivity index (χ1v) is 7.18. The van der Waals surface area contributed by atoms with Crippen LogP contribution in [0.4, 0.5) is 0 Å². The molecule has 1 aliphatic rings. The Kier molecular flexibility index (Phi) is 6.56. The average molecular weight is 240 g/mol. The first-order chi connectivity index (χ1) is 8.17. The number of rotatable bonds is 8. The predicted octanol–water partition coefficient (Wildman–Crippen LogP) is 2.41. The second-order valence-electron chi connectivity index (χ2n) is 5.35. The van der Waals surface area contributed by atoms with E-state index in [1.165, 1.54) is 19.3 Å². The van der Waals surface area contributed by atoms with E-state index in [2.05, 4.69) is 26.1 Å². The van der Waals surface area contributed by atoms with Crippen LogP contribution in [-0.4, -0.2) is 36.5 Å². The van der Waals surface area contributed by atoms with Gasteiger partial charge in [-0.1, -0.05) is 20.8 Å². The Bertz CT molecular complexity index is 230. The van der Waals surface area contributed by atoms with E-state index >= 15 is 0 Å². The highest BCUT2D eigenvalue weighted by atomic mass is 16.2. The van der Waals surface area contributed by atoms with E-state index < -0.39 is 0 Å². The first-order valence-electron chi connectivity index (χ1n) is 7.18. The summed E-state index contributed by atoms with van der Waals surface area (Å²) in [6.07, 6.45) is 5.45. The van der Waals surface area contributed by atoms with Crippen molar-refractivity contribution in [1.29, 1.82) is 0 Å². The molecule has 2 unspecified atom stereocenters. The van der Waals surface area contributed by atoms with Crippen molar-refractivity contribution in [3.05, 3.63) is 0 Å². The minimum Gasteiger partial charge on any atom is -0.342 e. The SMILES string of the molecule is CCCNC(CC)CCCN1CC(C)CC1=O. The zero-order chi connectivity index (χ0) is 12.7. The maximum absolute atomic E-state index is 11.6. The molecule has 0 saturated carbocycles. The summed E-state index contributed by atoms with van der Waals surface area (Å²) in [6.45, 7) is 9.62. The molecule has 17 heavy (non-hydrogen) atoms. The number of carbonyl (C=O) groups is 1. The van der Waals surface area contributed by atoms with Crippen molar-refractivity contribution < 1.29 is 4.79 Å². The number of hydrogen-bond donors (Lipinski definition) is 1. The van der Waals surface area contributed by atoms with Crippen LogP contribution >= 0.6 is 0 Å². The van der Waals surface area contributed by atoms with Gasteiger partial charge in [0.15, 0.2) is 0 Å². The van der Waals surface area contributed by atoms with Crippen molar-refractivity contribution in [3.63, 3.8) is 0 Å². The van der Waals surface area contributed by atoms with E-state index in [1.807, 2.05) is 4.90 Å². The summed E-state index contributed by atoms with van der Waals surface area (Å²) in [5.41, 5.74) is 0. The molecule has 100 valence electrons. The Morgan fingerprint density at radius 1 is 1.47 bits per heavy atom. The third kappa shape index (κ3) is 5.07. The summed E-state index contributed by atoms with van der Waals surface area (Å²) in [7, 11) is 0. The number of likely N-dealkylation sites (tertiary alicyclic amines) is 1. The van der Waals surface area contributed by atoms with Crippen molar-refractivity contribution in [2.45, 2.75) is 58.9 Å². The van der Waals surface area contributed by atoms with Crippen LogP contribution in [0.5, 0.6) is 0 Å². The highest BCUT2D eigenvalue weighted by molar-refractivity contribution is 5.78. The number of hydrogen-bond acceptors (Lipinski definition) is 2. The molecule has 0 radical (unpaired) electrons. The van der Waals surface area contributed by atoms with Crippen LogP contribution in [0.25, 0.3) is 0 Å². The zero-order valence-electron chi connectivity index (χ0n) is 11.7. The molecule has 0 spiro atoms. The molecule has 1 aliphatic heterocycles. The molecular weight excluding hydrogens is 212 g/mol. The molecule has 3 nitrogen and oxygen atoms in total. The van der Waals surface area contributed by atoms with E-state index in [0.29, 0.717) is 17.9 Å². The van der Waals surface area contributed by atoms with E-state index in [9.17, 15) is 4.79 Å². The number of carbonyl (C=O) groups excluding carboxylic acids is 1. The second kappa shape index (κ2) is 7.70. The lowest BCUT2D eigenvalue weighted by atomic mass is 10.1. The molecule has 1 fully saturated rings. The van der Waals surface area contributed by atoms with Crippen LogP contribution in [0.2, 0.25) is 0 Å². The lowest BCUT2D eigenvalue weighted by Crippen LogP contribution is -2.31. The van der Waals surface area contributed by atoms with Gasteiger partial charge < -0.3 is 10.2 Å². The second-order valence-corrected chi connectivity index (χ2v) is 5.35. The van der Waals surface area contributed by atoms with Gasteiger partial charge in [0, 0.05) is 25.6 Å². The van der Waals surface area contributed by atoms with Crippen molar-refractivity contribution in [2.75, 3.05) is 19.6 Å². The Hall–Kier alpha value is -0.570. The lowest BCUT2D eigenvalue weighted by Gasteiger charge is -2.20. The molecular formula is C14H28N2O. The number of amides is 1. The van der Waals surface area contributed by atoms with Crippen molar-refractivity contribution in [3.8, 4) is 0 Å². The van der Waals surface area contributed by atoms with Gasteiger partial charge in [-0.2, -0.15) is 0 Å². The van der Waals surface area contributed by atoms with Gasteiger partial charge in [0.05, 0.1) is 0 Å². The van der Waals surface area contributed by atoms with Gasteiger partial charge in [-0.05, 0) is 38.1 Å². The fraction of sp³-hybridized carbons (Fsp3) is 0.929. The molecule has 1 saturated heterocycles. The van der Waals surface area contributed by atoms with Gasteiger partial charge in [-0.25, -0.2) is 0 Å². The van der Waals surface area contributed by atoms with Gasteiger partial charge in [-0.15, -0.1) is 0 Å². The van der Waals surface area contributed by atoms with E-state index in [1.54, 1.807) is 0 Å². The summed E-state index contributed by atoms with van der Waals surface area (Å²) in [5.74, 6) is 0.912. The van der Waals surface area contributed by atoms with Crippen LogP contribution < -0.4 is 5.32 Å². The molecule has 1 N–H and O–H groups in total. The lowest BCUT2D eigenvalue weighted by molar-refractivity contribution is -0.127. The predicted molar refractivity (Wildman–Crippen MR) is 72.0 cm³/mol. The van der Waals surface area contributed by atoms with Crippen molar-refractivity contribution in [1.82, 2.24) is 10.2 Å². The molecule has 1 rings (SSSR count). The molecule has 0 aromatic carbocycles. The van der Waals surface area contributed by atoms with Crippen LogP contribution in [0.3, 0.4) is 0 Å². The molecule has 0 aliphatic carbocycles. The van der Waals surface area contributed by atoms with Crippen molar-refractivity contribution >= 4 is 5.91 Å². The van der Waals surface area contributed by atoms with Gasteiger partial charge in [0.2, 0.25) is 5.91 Å². The Labute approximate surface area is 106 Å². The molecule has 0 aromatic heterocycles. The summed E-state index contributed by atoms with van der Waals surface area (Å²) in [4.78, 5) is 13.7. The van der Waals surface area contributed by atoms with Gasteiger partial charge in [-0.3, -0.25) is 4.79 Å². The molecule has 0 bridgehead atoms. The normalized spacial score (nSPS) is 22.2. The molecule has 1 amide bonds. The van der Waals surface area contributed by atoms with Gasteiger partial charge in [0.25, 0.3) is 0 Å². The molecule has 1 heterocycles. The van der Waals surface area contributed by atoms with E-state index in [0.717, 1.165) is 32.5 Å². The highest BCUT2D eigenvalue weighted by Gasteiger charge is 2.25. The highest BCUT2D eigenvalue weighted by Crippen LogP contribution is 2.17. The topological polar surface area (TPSA) is 32.3 Å². The quantitative estimate of drug-likeness (QED) is 0.706. The van der Waals surface area contributed by atoms with Crippen LogP contribution in [0, 0.1) is 5.92 Å². The van der Waals surface area contributed by atoms with Crippen molar-refractivity contribution in [2.24, 2.45) is 5.92 Å². The van der Waals surface area contributed by atoms with Gasteiger partial charge >= 0.3 is 0 Å². The minimum absolute atomic E-state index is 0.354. The zero-order valence-corrected chi connectivity index (χ0v) is 11.7. The number of nitrogens with zero attached hydrogens (tertiary/aromatic N) is 1. The van der Waals surface area contributed by atoms with E-state index in [-0.39, 0.29) is 0 Å². The minimum atomic E-state index is 0.354. The third-order valence-corrected chi connectivity index (χ3v) is 3.56. The van der Waals surface area contributed by atoms with E-state index in [4.69, 9.17) is 0 Å². The average Bonchev–Trinajstić information content (AvgIpc) is 2.62. The summed E-state index contributed by atoms with van der Waals surface area (Å²) in [5, 5.41) is 3.56. The Morgan fingerprint density at radius 3 is 2.76 bits per heavy atom. The standard InChI is InChI=1S/C14H28N2O/c1-4-8-15-13(5-2)7-6-9-16-11-12(3)10-14(16)17/h12-13,15H,4-11H2,1-3H3. The first kappa shape index (κ1) is 14.5. The molecule has 2 atom stereocenters. The summed E-state index contributed by atoms with van der Waals surface area (Å²) >= 11 is 0. The number of nitrogens with one attached hydrogen (secondary N) is 1. The molecule has 0 aromatic rings. The maximum Gasteiger partial charge on any atom is 0.222 e. The summed E-state index contributed by atoms with van der Waals surface area (Å²) < 4.78 is 0. The smallest absolute Gasteiger partial charge is 0.222 e. The van der Waals surface area contributed by atoms with Crippen LogP contribution in [0.1, 0.15) is 52.9 Å². The maximum atomic E-state index is 11.6. The largest absolute Gasteiger partial charge is 0.342 e. The van der Waals surface area contributed by atoms with Crippen LogP contribution in [0.15, 0.2) is 0 Å². The monoisotopic (exact) mass is 240 g/mol. The Balaban J connectivity index is 2.15. The molecule has 3 heteroatoms. The fourth-order valence-electron chi connectivity index (χ4n) is 2.51. The third-order valence-electron chi connectivity index (χ3n) is 3.56. The fourth-order valence-corrected chi connectivity index (χ4v) is 2.51. The summed E-state index contributed by atoms with van der Waals surface area (Å²) in [6, 6.07) is 0.630. The Morgan fingerprint density at radius 2 is 2.24 bits per heavy atom. The van der Waals surface area contributed by atoms with Crippen LogP contribution in [-0.2, 0) is 4.79 Å². The van der Waals surface area contributed by atoms with Gasteiger partial charge in [0.1, 0.15) is 0 Å².